The van der Waals surface area contributed by atoms with Crippen LogP contribution in [-0.2, 0) is 6.42 Å². The normalized spacial score (nSPS) is 10.6. The molecule has 0 aliphatic carbocycles. The molecule has 0 spiro atoms. The molecule has 7 heteroatoms. The minimum absolute atomic E-state index is 0.307. The number of hydrogen-bond donors (Lipinski definition) is 2. The zero-order valence-electron chi connectivity index (χ0n) is 10.8. The van der Waals surface area contributed by atoms with Crippen molar-refractivity contribution in [3.63, 3.8) is 0 Å². The highest BCUT2D eigenvalue weighted by Crippen LogP contribution is 2.34. The number of benzene rings is 1. The third-order valence-corrected chi connectivity index (χ3v) is 3.46. The molecular weight excluding hydrogens is 303 g/mol. The van der Waals surface area contributed by atoms with Crippen LogP contribution in [0.2, 0.25) is 10.0 Å². The number of H-pyrrole nitrogens is 2. The highest BCUT2D eigenvalue weighted by Gasteiger charge is 2.12. The predicted octanol–water partition coefficient (Wildman–Crippen LogP) is 2.28. The summed E-state index contributed by atoms with van der Waals surface area (Å²) in [6.07, 6.45) is 0.307. The monoisotopic (exact) mass is 314 g/mol. The number of hydrogen-bond acceptors (Lipinski definition) is 3. The first-order valence-corrected chi connectivity index (χ1v) is 6.52. The Labute approximate surface area is 124 Å². The molecular formula is C13H12Cl2N2O3. The van der Waals surface area contributed by atoms with Gasteiger partial charge in [-0.25, -0.2) is 4.79 Å². The number of ether oxygens (including phenoxy) is 1. The van der Waals surface area contributed by atoms with Crippen LogP contribution in [0.25, 0.3) is 0 Å². The van der Waals surface area contributed by atoms with Gasteiger partial charge in [-0.3, -0.25) is 9.78 Å². The third kappa shape index (κ3) is 2.89. The van der Waals surface area contributed by atoms with Crippen LogP contribution in [0.15, 0.2) is 21.7 Å². The van der Waals surface area contributed by atoms with E-state index in [1.807, 2.05) is 0 Å². The minimum Gasteiger partial charge on any atom is -0.494 e. The van der Waals surface area contributed by atoms with Crippen molar-refractivity contribution >= 4 is 23.2 Å². The minimum atomic E-state index is -0.526. The van der Waals surface area contributed by atoms with Crippen LogP contribution in [0.1, 0.15) is 16.8 Å². The van der Waals surface area contributed by atoms with E-state index >= 15 is 0 Å². The van der Waals surface area contributed by atoms with Crippen molar-refractivity contribution in [2.75, 3.05) is 7.11 Å². The summed E-state index contributed by atoms with van der Waals surface area (Å²) in [4.78, 5) is 27.7. The lowest BCUT2D eigenvalue weighted by molar-refractivity contribution is 0.415. The molecule has 2 rings (SSSR count). The zero-order valence-corrected chi connectivity index (χ0v) is 12.4. The second kappa shape index (κ2) is 5.73. The van der Waals surface area contributed by atoms with Crippen LogP contribution in [-0.4, -0.2) is 17.1 Å². The van der Waals surface area contributed by atoms with Crippen LogP contribution in [0, 0.1) is 6.92 Å². The first-order chi connectivity index (χ1) is 9.42. The molecule has 0 amide bonds. The van der Waals surface area contributed by atoms with Gasteiger partial charge < -0.3 is 9.72 Å². The number of methoxy groups -OCH3 is 1. The predicted molar refractivity (Wildman–Crippen MR) is 78.2 cm³/mol. The summed E-state index contributed by atoms with van der Waals surface area (Å²) < 4.78 is 5.06. The third-order valence-electron chi connectivity index (χ3n) is 2.90. The lowest BCUT2D eigenvalue weighted by atomic mass is 10.0. The van der Waals surface area contributed by atoms with Crippen LogP contribution in [0.5, 0.6) is 5.75 Å². The lowest BCUT2D eigenvalue weighted by Gasteiger charge is -2.09. The van der Waals surface area contributed by atoms with Gasteiger partial charge in [-0.1, -0.05) is 23.2 Å². The number of rotatable bonds is 3. The van der Waals surface area contributed by atoms with Crippen LogP contribution >= 0.6 is 23.2 Å². The number of aryl methyl sites for hydroxylation is 1. The van der Waals surface area contributed by atoms with E-state index in [2.05, 4.69) is 9.97 Å². The Morgan fingerprint density at radius 3 is 2.25 bits per heavy atom. The second-order valence-electron chi connectivity index (χ2n) is 4.28. The molecule has 1 aromatic carbocycles. The molecule has 0 radical (unpaired) electrons. The summed E-state index contributed by atoms with van der Waals surface area (Å²) in [5.74, 6) is 0.393. The van der Waals surface area contributed by atoms with Gasteiger partial charge >= 0.3 is 5.69 Å². The van der Waals surface area contributed by atoms with E-state index < -0.39 is 11.2 Å². The van der Waals surface area contributed by atoms with Gasteiger partial charge in [0.2, 0.25) is 0 Å². The molecule has 0 atom stereocenters. The Morgan fingerprint density at radius 1 is 1.15 bits per heavy atom. The number of aromatic amines is 2. The van der Waals surface area contributed by atoms with Crippen molar-refractivity contribution in [3.8, 4) is 5.75 Å². The van der Waals surface area contributed by atoms with Gasteiger partial charge in [0.1, 0.15) is 0 Å². The Morgan fingerprint density at radius 2 is 1.75 bits per heavy atom. The summed E-state index contributed by atoms with van der Waals surface area (Å²) in [5.41, 5.74) is 0.779. The largest absolute Gasteiger partial charge is 0.494 e. The van der Waals surface area contributed by atoms with Crippen molar-refractivity contribution < 1.29 is 4.74 Å². The fourth-order valence-electron chi connectivity index (χ4n) is 1.95. The summed E-state index contributed by atoms with van der Waals surface area (Å²) in [7, 11) is 1.48. The summed E-state index contributed by atoms with van der Waals surface area (Å²) in [6.45, 7) is 1.67. The number of halogens is 2. The van der Waals surface area contributed by atoms with Crippen LogP contribution in [0.3, 0.4) is 0 Å². The zero-order chi connectivity index (χ0) is 14.9. The molecule has 1 heterocycles. The summed E-state index contributed by atoms with van der Waals surface area (Å²) in [5, 5.41) is 0.738. The van der Waals surface area contributed by atoms with Gasteiger partial charge in [0.25, 0.3) is 5.56 Å². The fourth-order valence-corrected chi connectivity index (χ4v) is 2.64. The average Bonchev–Trinajstić information content (AvgIpc) is 2.33. The standard InChI is InChI=1S/C13H12Cl2N2O3/c1-6-8(12(18)17-13(19)16-6)3-7-4-9(14)11(20-2)10(15)5-7/h4-5H,3H2,1-2H3,(H2,16,17,18,19). The maximum absolute atomic E-state index is 11.8. The first kappa shape index (κ1) is 14.7. The topological polar surface area (TPSA) is 75.0 Å². The summed E-state index contributed by atoms with van der Waals surface area (Å²) in [6, 6.07) is 3.35. The Bertz CT molecular complexity index is 742. The molecule has 0 saturated heterocycles. The van der Waals surface area contributed by atoms with Gasteiger partial charge in [-0.2, -0.15) is 0 Å². The molecule has 106 valence electrons. The van der Waals surface area contributed by atoms with Crippen LogP contribution < -0.4 is 16.0 Å². The molecule has 2 N–H and O–H groups in total. The number of nitrogens with one attached hydrogen (secondary N) is 2. The first-order valence-electron chi connectivity index (χ1n) is 5.76. The maximum atomic E-state index is 11.8. The van der Waals surface area contributed by atoms with Gasteiger partial charge in [0, 0.05) is 17.7 Å². The van der Waals surface area contributed by atoms with E-state index in [-0.39, 0.29) is 0 Å². The Hall–Kier alpha value is -1.72. The van der Waals surface area contributed by atoms with Crippen molar-refractivity contribution in [2.24, 2.45) is 0 Å². The molecule has 20 heavy (non-hydrogen) atoms. The van der Waals surface area contributed by atoms with E-state index in [1.54, 1.807) is 19.1 Å². The lowest BCUT2D eigenvalue weighted by Crippen LogP contribution is -2.27. The van der Waals surface area contributed by atoms with Gasteiger partial charge in [0.15, 0.2) is 5.75 Å². The second-order valence-corrected chi connectivity index (χ2v) is 5.10. The van der Waals surface area contributed by atoms with E-state index in [4.69, 9.17) is 27.9 Å². The molecule has 0 bridgehead atoms. The molecule has 0 aliphatic heterocycles. The molecule has 0 aliphatic rings. The molecule has 0 saturated carbocycles. The van der Waals surface area contributed by atoms with Gasteiger partial charge in [0.05, 0.1) is 17.2 Å². The van der Waals surface area contributed by atoms with E-state index in [1.165, 1.54) is 7.11 Å². The smallest absolute Gasteiger partial charge is 0.325 e. The molecule has 0 unspecified atom stereocenters. The van der Waals surface area contributed by atoms with E-state index in [0.29, 0.717) is 33.5 Å². The quantitative estimate of drug-likeness (QED) is 0.912. The number of aromatic nitrogens is 2. The van der Waals surface area contributed by atoms with Gasteiger partial charge in [-0.15, -0.1) is 0 Å². The Balaban J connectivity index is 2.46. The van der Waals surface area contributed by atoms with Crippen molar-refractivity contribution in [1.82, 2.24) is 9.97 Å². The maximum Gasteiger partial charge on any atom is 0.325 e. The van der Waals surface area contributed by atoms with Crippen molar-refractivity contribution in [1.29, 1.82) is 0 Å². The van der Waals surface area contributed by atoms with Crippen LogP contribution in [0.4, 0.5) is 0 Å². The van der Waals surface area contributed by atoms with Gasteiger partial charge in [-0.05, 0) is 24.6 Å². The Kier molecular flexibility index (Phi) is 4.20. The SMILES string of the molecule is COc1c(Cl)cc(Cc2c(C)[nH]c(=O)[nH]c2=O)cc1Cl. The van der Waals surface area contributed by atoms with Crippen molar-refractivity contribution in [2.45, 2.75) is 13.3 Å². The molecule has 1 aromatic heterocycles. The molecule has 2 aromatic rings. The van der Waals surface area contributed by atoms with E-state index in [9.17, 15) is 9.59 Å². The van der Waals surface area contributed by atoms with E-state index in [0.717, 1.165) is 5.56 Å². The average molecular weight is 315 g/mol. The summed E-state index contributed by atoms with van der Waals surface area (Å²) >= 11 is 12.1. The highest BCUT2D eigenvalue weighted by molar-refractivity contribution is 6.37. The van der Waals surface area contributed by atoms with Crippen molar-refractivity contribution in [3.05, 3.63) is 59.8 Å². The molecule has 0 fully saturated rings. The highest BCUT2D eigenvalue weighted by atomic mass is 35.5. The molecule has 5 nitrogen and oxygen atoms in total. The fraction of sp³-hybridized carbons (Fsp3) is 0.231.